The maximum atomic E-state index is 11.2. The van der Waals surface area contributed by atoms with Gasteiger partial charge in [-0.2, -0.15) is 0 Å². The first-order chi connectivity index (χ1) is 7.84. The molecular weight excluding hydrogens is 232 g/mol. The van der Waals surface area contributed by atoms with Crippen LogP contribution in [-0.2, 0) is 16.6 Å². The number of carbonyl (C=O) groups excluding carboxylic acids is 1. The highest BCUT2D eigenvalue weighted by Gasteiger charge is 2.16. The number of halogens is 1. The number of hydrogen-bond donors (Lipinski definition) is 0. The highest BCUT2D eigenvalue weighted by Crippen LogP contribution is 2.23. The SMILES string of the molecule is CCC(Cc1ccc(C(C)(C)C)cc1)C(=O)Cl. The van der Waals surface area contributed by atoms with Gasteiger partial charge in [0.1, 0.15) is 0 Å². The van der Waals surface area contributed by atoms with Crippen LogP contribution >= 0.6 is 11.6 Å². The molecule has 1 rings (SSSR count). The van der Waals surface area contributed by atoms with Crippen LogP contribution in [-0.4, -0.2) is 5.24 Å². The van der Waals surface area contributed by atoms with E-state index in [4.69, 9.17) is 11.6 Å². The molecule has 0 aliphatic rings. The van der Waals surface area contributed by atoms with Gasteiger partial charge in [-0.25, -0.2) is 0 Å². The molecule has 1 atom stereocenters. The van der Waals surface area contributed by atoms with Gasteiger partial charge in [-0.1, -0.05) is 52.0 Å². The third-order valence-electron chi connectivity index (χ3n) is 3.12. The molecule has 0 aliphatic heterocycles. The third kappa shape index (κ3) is 4.16. The molecule has 0 aromatic heterocycles. The Morgan fingerprint density at radius 1 is 1.24 bits per heavy atom. The molecule has 0 N–H and O–H groups in total. The molecule has 0 saturated carbocycles. The van der Waals surface area contributed by atoms with Crippen molar-refractivity contribution in [2.75, 3.05) is 0 Å². The summed E-state index contributed by atoms with van der Waals surface area (Å²) in [4.78, 5) is 11.2. The summed E-state index contributed by atoms with van der Waals surface area (Å²) in [7, 11) is 0. The summed E-state index contributed by atoms with van der Waals surface area (Å²) in [6.07, 6.45) is 1.53. The summed E-state index contributed by atoms with van der Waals surface area (Å²) >= 11 is 5.56. The lowest BCUT2D eigenvalue weighted by Crippen LogP contribution is -2.13. The molecule has 0 heterocycles. The van der Waals surface area contributed by atoms with E-state index in [-0.39, 0.29) is 16.6 Å². The van der Waals surface area contributed by atoms with Crippen LogP contribution in [0.15, 0.2) is 24.3 Å². The zero-order chi connectivity index (χ0) is 13.1. The third-order valence-corrected chi connectivity index (χ3v) is 3.42. The normalized spacial score (nSPS) is 13.5. The fraction of sp³-hybridized carbons (Fsp3) is 0.533. The van der Waals surface area contributed by atoms with Gasteiger partial charge in [0.2, 0.25) is 5.24 Å². The lowest BCUT2D eigenvalue weighted by molar-refractivity contribution is -0.115. The lowest BCUT2D eigenvalue weighted by atomic mass is 9.86. The Balaban J connectivity index is 2.78. The number of rotatable bonds is 4. The molecule has 0 bridgehead atoms. The lowest BCUT2D eigenvalue weighted by Gasteiger charge is -2.19. The minimum absolute atomic E-state index is 0.0582. The van der Waals surface area contributed by atoms with Crippen LogP contribution in [0, 0.1) is 5.92 Å². The largest absolute Gasteiger partial charge is 0.281 e. The molecule has 1 nitrogen and oxygen atoms in total. The van der Waals surface area contributed by atoms with Crippen molar-refractivity contribution in [3.05, 3.63) is 35.4 Å². The van der Waals surface area contributed by atoms with Gasteiger partial charge in [0.15, 0.2) is 0 Å². The highest BCUT2D eigenvalue weighted by molar-refractivity contribution is 6.63. The monoisotopic (exact) mass is 252 g/mol. The molecule has 17 heavy (non-hydrogen) atoms. The maximum Gasteiger partial charge on any atom is 0.225 e. The average molecular weight is 253 g/mol. The van der Waals surface area contributed by atoms with E-state index in [1.807, 2.05) is 6.92 Å². The molecule has 1 unspecified atom stereocenters. The van der Waals surface area contributed by atoms with Crippen LogP contribution in [0.2, 0.25) is 0 Å². The highest BCUT2D eigenvalue weighted by atomic mass is 35.5. The summed E-state index contributed by atoms with van der Waals surface area (Å²) in [6, 6.07) is 8.48. The Morgan fingerprint density at radius 2 is 1.76 bits per heavy atom. The number of hydrogen-bond acceptors (Lipinski definition) is 1. The second-order valence-electron chi connectivity index (χ2n) is 5.56. The average Bonchev–Trinajstić information content (AvgIpc) is 2.25. The van der Waals surface area contributed by atoms with Gasteiger partial charge >= 0.3 is 0 Å². The summed E-state index contributed by atoms with van der Waals surface area (Å²) in [5.74, 6) is -0.0582. The molecule has 0 fully saturated rings. The molecule has 2 heteroatoms. The number of benzene rings is 1. The van der Waals surface area contributed by atoms with Crippen molar-refractivity contribution in [3.8, 4) is 0 Å². The molecular formula is C15H21ClO. The van der Waals surface area contributed by atoms with Crippen molar-refractivity contribution in [3.63, 3.8) is 0 Å². The standard InChI is InChI=1S/C15H21ClO/c1-5-12(14(16)17)10-11-6-8-13(9-7-11)15(2,3)4/h6-9,12H,5,10H2,1-4H3. The van der Waals surface area contributed by atoms with Crippen molar-refractivity contribution in [2.24, 2.45) is 5.92 Å². The van der Waals surface area contributed by atoms with Gasteiger partial charge in [0.05, 0.1) is 0 Å². The van der Waals surface area contributed by atoms with E-state index < -0.39 is 0 Å². The van der Waals surface area contributed by atoms with Crippen molar-refractivity contribution >= 4 is 16.8 Å². The second-order valence-corrected chi connectivity index (χ2v) is 5.93. The van der Waals surface area contributed by atoms with Crippen LogP contribution in [0.25, 0.3) is 0 Å². The second kappa shape index (κ2) is 5.68. The first-order valence-corrected chi connectivity index (χ1v) is 6.51. The molecule has 0 amide bonds. The van der Waals surface area contributed by atoms with Crippen LogP contribution in [0.5, 0.6) is 0 Å². The molecule has 1 aromatic carbocycles. The van der Waals surface area contributed by atoms with E-state index in [0.717, 1.165) is 12.8 Å². The predicted octanol–water partition coefficient (Wildman–Crippen LogP) is 4.32. The first-order valence-electron chi connectivity index (χ1n) is 6.13. The molecule has 1 aromatic rings. The van der Waals surface area contributed by atoms with Gasteiger partial charge in [-0.3, -0.25) is 4.79 Å². The van der Waals surface area contributed by atoms with Gasteiger partial charge in [-0.05, 0) is 41.0 Å². The Morgan fingerprint density at radius 3 is 2.12 bits per heavy atom. The van der Waals surface area contributed by atoms with E-state index in [9.17, 15) is 4.79 Å². The Bertz CT molecular complexity index is 373. The Hall–Kier alpha value is -0.820. The Kier molecular flexibility index (Phi) is 4.76. The van der Waals surface area contributed by atoms with Gasteiger partial charge in [0, 0.05) is 5.92 Å². The van der Waals surface area contributed by atoms with Crippen molar-refractivity contribution in [2.45, 2.75) is 46.0 Å². The summed E-state index contributed by atoms with van der Waals surface area (Å²) < 4.78 is 0. The molecule has 94 valence electrons. The van der Waals surface area contributed by atoms with Crippen LogP contribution in [0.3, 0.4) is 0 Å². The van der Waals surface area contributed by atoms with Crippen LogP contribution in [0.4, 0.5) is 0 Å². The molecule has 0 radical (unpaired) electrons. The van der Waals surface area contributed by atoms with E-state index in [0.29, 0.717) is 0 Å². The van der Waals surface area contributed by atoms with Crippen molar-refractivity contribution in [1.82, 2.24) is 0 Å². The minimum atomic E-state index is -0.229. The fourth-order valence-corrected chi connectivity index (χ4v) is 2.04. The smallest absolute Gasteiger partial charge is 0.225 e. The molecule has 0 saturated heterocycles. The first kappa shape index (κ1) is 14.2. The van der Waals surface area contributed by atoms with E-state index in [2.05, 4.69) is 45.0 Å². The van der Waals surface area contributed by atoms with E-state index >= 15 is 0 Å². The zero-order valence-corrected chi connectivity index (χ0v) is 11.8. The van der Waals surface area contributed by atoms with Crippen molar-refractivity contribution in [1.29, 1.82) is 0 Å². The predicted molar refractivity (Wildman–Crippen MR) is 73.5 cm³/mol. The van der Waals surface area contributed by atoms with Gasteiger partial charge in [0.25, 0.3) is 0 Å². The summed E-state index contributed by atoms with van der Waals surface area (Å²) in [5.41, 5.74) is 2.66. The minimum Gasteiger partial charge on any atom is -0.281 e. The summed E-state index contributed by atoms with van der Waals surface area (Å²) in [6.45, 7) is 8.58. The van der Waals surface area contributed by atoms with E-state index in [1.165, 1.54) is 11.1 Å². The van der Waals surface area contributed by atoms with E-state index in [1.54, 1.807) is 0 Å². The maximum absolute atomic E-state index is 11.2. The topological polar surface area (TPSA) is 17.1 Å². The van der Waals surface area contributed by atoms with Crippen LogP contribution < -0.4 is 0 Å². The molecule has 0 aliphatic carbocycles. The zero-order valence-electron chi connectivity index (χ0n) is 11.1. The summed E-state index contributed by atoms with van der Waals surface area (Å²) in [5, 5.41) is -0.229. The van der Waals surface area contributed by atoms with Crippen LogP contribution in [0.1, 0.15) is 45.2 Å². The molecule has 0 spiro atoms. The van der Waals surface area contributed by atoms with Crippen molar-refractivity contribution < 1.29 is 4.79 Å². The van der Waals surface area contributed by atoms with Gasteiger partial charge in [-0.15, -0.1) is 0 Å². The number of carbonyl (C=O) groups is 1. The fourth-order valence-electron chi connectivity index (χ4n) is 1.81. The van der Waals surface area contributed by atoms with Gasteiger partial charge < -0.3 is 0 Å². The Labute approximate surface area is 109 Å². The quantitative estimate of drug-likeness (QED) is 0.730.